The van der Waals surface area contributed by atoms with Crippen LogP contribution >= 0.6 is 0 Å². The molecule has 1 rings (SSSR count). The van der Waals surface area contributed by atoms with Gasteiger partial charge in [-0.05, 0) is 0 Å². The summed E-state index contributed by atoms with van der Waals surface area (Å²) in [5.41, 5.74) is 1.03. The van der Waals surface area contributed by atoms with Crippen LogP contribution in [0.3, 0.4) is 0 Å². The van der Waals surface area contributed by atoms with E-state index in [0.29, 0.717) is 0 Å². The van der Waals surface area contributed by atoms with E-state index >= 15 is 0 Å². The molecule has 0 aliphatic heterocycles. The van der Waals surface area contributed by atoms with Gasteiger partial charge in [0.1, 0.15) is 14.2 Å². The highest BCUT2D eigenvalue weighted by molar-refractivity contribution is 5.78. The number of aromatic nitrogens is 1. The highest BCUT2D eigenvalue weighted by Crippen LogP contribution is 1.89. The minimum Gasteiger partial charge on any atom is -0.399 e. The first-order valence-electron chi connectivity index (χ1n) is 3.35. The number of nitrogens with zero attached hydrogens (tertiary/aromatic N) is 2. The van der Waals surface area contributed by atoms with Crippen LogP contribution in [0.15, 0.2) is 29.7 Å². The van der Waals surface area contributed by atoms with Crippen molar-refractivity contribution in [1.29, 1.82) is 0 Å². The molecule has 0 unspecified atom stereocenters. The molecule has 58 valence electrons. The fourth-order valence-electron chi connectivity index (χ4n) is 0.712. The Bertz CT molecular complexity index is 241. The highest BCUT2D eigenvalue weighted by atomic mass is 16.6. The quantitative estimate of drug-likeness (QED) is 0.343. The van der Waals surface area contributed by atoms with Gasteiger partial charge in [0.2, 0.25) is 0 Å². The Hall–Kier alpha value is -1.38. The molecule has 0 aliphatic rings. The number of hydrogen-bond donors (Lipinski definition) is 0. The van der Waals surface area contributed by atoms with Crippen molar-refractivity contribution >= 4 is 6.21 Å². The minimum absolute atomic E-state index is 1.03. The van der Waals surface area contributed by atoms with Crippen molar-refractivity contribution in [3.8, 4) is 0 Å². The van der Waals surface area contributed by atoms with Gasteiger partial charge in [0, 0.05) is 17.7 Å². The van der Waals surface area contributed by atoms with Crippen LogP contribution in [0.5, 0.6) is 0 Å². The predicted octanol–water partition coefficient (Wildman–Crippen LogP) is 0.491. The zero-order chi connectivity index (χ0) is 8.10. The van der Waals surface area contributed by atoms with E-state index < -0.39 is 0 Å². The molecule has 3 heteroatoms. The SMILES string of the molecule is CO/N=C\c1cc[n+](C)cc1. The Morgan fingerprint density at radius 3 is 2.64 bits per heavy atom. The van der Waals surface area contributed by atoms with E-state index in [-0.39, 0.29) is 0 Å². The molecule has 1 heterocycles. The van der Waals surface area contributed by atoms with Gasteiger partial charge in [-0.25, -0.2) is 4.57 Å². The third kappa shape index (κ3) is 2.37. The standard InChI is InChI=1S/C8H11N2O/c1-10-5-3-8(4-6-10)7-9-11-2/h3-7H,1-2H3/q+1/b9-7-. The maximum Gasteiger partial charge on any atom is 0.169 e. The Kier molecular flexibility index (Phi) is 2.60. The van der Waals surface area contributed by atoms with Gasteiger partial charge >= 0.3 is 0 Å². The molecule has 0 N–H and O–H groups in total. The molecule has 0 atom stereocenters. The van der Waals surface area contributed by atoms with Crippen LogP contribution in [-0.4, -0.2) is 13.3 Å². The summed E-state index contributed by atoms with van der Waals surface area (Å²) in [5, 5.41) is 3.64. The van der Waals surface area contributed by atoms with E-state index in [0.717, 1.165) is 5.56 Å². The molecule has 0 saturated heterocycles. The van der Waals surface area contributed by atoms with Crippen LogP contribution in [0.4, 0.5) is 0 Å². The number of oxime groups is 1. The summed E-state index contributed by atoms with van der Waals surface area (Å²) in [4.78, 5) is 4.54. The maximum absolute atomic E-state index is 4.54. The minimum atomic E-state index is 1.03. The fraction of sp³-hybridized carbons (Fsp3) is 0.250. The summed E-state index contributed by atoms with van der Waals surface area (Å²) in [6.07, 6.45) is 5.58. The van der Waals surface area contributed by atoms with Crippen molar-refractivity contribution in [2.45, 2.75) is 0 Å². The molecule has 0 amide bonds. The number of hydrogen-bond acceptors (Lipinski definition) is 2. The van der Waals surface area contributed by atoms with E-state index in [9.17, 15) is 0 Å². The Labute approximate surface area is 65.9 Å². The largest absolute Gasteiger partial charge is 0.399 e. The summed E-state index contributed by atoms with van der Waals surface area (Å²) in [7, 11) is 3.50. The van der Waals surface area contributed by atoms with Crippen molar-refractivity contribution in [1.82, 2.24) is 0 Å². The molecule has 0 aliphatic carbocycles. The summed E-state index contributed by atoms with van der Waals surface area (Å²) < 4.78 is 1.96. The van der Waals surface area contributed by atoms with E-state index in [1.54, 1.807) is 6.21 Å². The molecule has 0 radical (unpaired) electrons. The smallest absolute Gasteiger partial charge is 0.169 e. The van der Waals surface area contributed by atoms with Gasteiger partial charge < -0.3 is 4.84 Å². The van der Waals surface area contributed by atoms with Gasteiger partial charge in [0.05, 0.1) is 6.21 Å². The van der Waals surface area contributed by atoms with Crippen LogP contribution < -0.4 is 4.57 Å². The van der Waals surface area contributed by atoms with Crippen LogP contribution in [-0.2, 0) is 11.9 Å². The molecule has 3 nitrogen and oxygen atoms in total. The molecular weight excluding hydrogens is 140 g/mol. The second kappa shape index (κ2) is 3.71. The van der Waals surface area contributed by atoms with Crippen LogP contribution in [0, 0.1) is 0 Å². The van der Waals surface area contributed by atoms with Gasteiger partial charge in [0.15, 0.2) is 12.4 Å². The number of aryl methyl sites for hydroxylation is 1. The lowest BCUT2D eigenvalue weighted by Gasteiger charge is -1.88. The third-order valence-electron chi connectivity index (χ3n) is 1.31. The Balaban J connectivity index is 2.73. The lowest BCUT2D eigenvalue weighted by molar-refractivity contribution is -0.671. The molecule has 1 aromatic rings. The van der Waals surface area contributed by atoms with Crippen LogP contribution in [0.2, 0.25) is 0 Å². The van der Waals surface area contributed by atoms with Crippen molar-refractivity contribution in [2.75, 3.05) is 7.11 Å². The van der Waals surface area contributed by atoms with Crippen molar-refractivity contribution < 1.29 is 9.40 Å². The van der Waals surface area contributed by atoms with Gasteiger partial charge in [-0.15, -0.1) is 0 Å². The first-order valence-corrected chi connectivity index (χ1v) is 3.35. The van der Waals surface area contributed by atoms with E-state index in [2.05, 4.69) is 9.99 Å². The fourth-order valence-corrected chi connectivity index (χ4v) is 0.712. The summed E-state index contributed by atoms with van der Waals surface area (Å²) in [5.74, 6) is 0. The van der Waals surface area contributed by atoms with E-state index in [1.165, 1.54) is 7.11 Å². The van der Waals surface area contributed by atoms with Gasteiger partial charge in [-0.1, -0.05) is 5.16 Å². The summed E-state index contributed by atoms with van der Waals surface area (Å²) in [6.45, 7) is 0. The lowest BCUT2D eigenvalue weighted by atomic mass is 10.3. The molecule has 0 saturated carbocycles. The first kappa shape index (κ1) is 7.72. The molecule has 0 bridgehead atoms. The normalized spacial score (nSPS) is 10.4. The van der Waals surface area contributed by atoms with Crippen molar-refractivity contribution in [3.05, 3.63) is 30.1 Å². The third-order valence-corrected chi connectivity index (χ3v) is 1.31. The number of pyridine rings is 1. The van der Waals surface area contributed by atoms with E-state index in [1.807, 2.05) is 36.1 Å². The molecule has 11 heavy (non-hydrogen) atoms. The van der Waals surface area contributed by atoms with Crippen LogP contribution in [0.25, 0.3) is 0 Å². The molecule has 0 aromatic carbocycles. The zero-order valence-corrected chi connectivity index (χ0v) is 6.69. The number of rotatable bonds is 2. The molecule has 0 fully saturated rings. The van der Waals surface area contributed by atoms with Crippen molar-refractivity contribution in [3.63, 3.8) is 0 Å². The highest BCUT2D eigenvalue weighted by Gasteiger charge is 1.90. The molecule has 1 aromatic heterocycles. The van der Waals surface area contributed by atoms with Gasteiger partial charge in [-0.3, -0.25) is 0 Å². The molecular formula is C8H11N2O+. The Morgan fingerprint density at radius 2 is 2.09 bits per heavy atom. The maximum atomic E-state index is 4.54. The predicted molar refractivity (Wildman–Crippen MR) is 42.2 cm³/mol. The topological polar surface area (TPSA) is 25.5 Å². The summed E-state index contributed by atoms with van der Waals surface area (Å²) in [6, 6.07) is 3.92. The average molecular weight is 151 g/mol. The van der Waals surface area contributed by atoms with Gasteiger partial charge in [0.25, 0.3) is 0 Å². The van der Waals surface area contributed by atoms with Crippen LogP contribution in [0.1, 0.15) is 5.56 Å². The van der Waals surface area contributed by atoms with E-state index in [4.69, 9.17) is 0 Å². The second-order valence-corrected chi connectivity index (χ2v) is 2.21. The van der Waals surface area contributed by atoms with Crippen molar-refractivity contribution in [2.24, 2.45) is 12.2 Å². The Morgan fingerprint density at radius 1 is 1.45 bits per heavy atom. The first-order chi connectivity index (χ1) is 5.33. The average Bonchev–Trinajstić information content (AvgIpc) is 2.04. The monoisotopic (exact) mass is 151 g/mol. The summed E-state index contributed by atoms with van der Waals surface area (Å²) >= 11 is 0. The van der Waals surface area contributed by atoms with Gasteiger partial charge in [-0.2, -0.15) is 0 Å². The second-order valence-electron chi connectivity index (χ2n) is 2.21. The zero-order valence-electron chi connectivity index (χ0n) is 6.69. The molecule has 0 spiro atoms. The lowest BCUT2D eigenvalue weighted by Crippen LogP contribution is -2.25.